The van der Waals surface area contributed by atoms with E-state index in [0.717, 1.165) is 11.0 Å². The number of hydrogen-bond donors (Lipinski definition) is 2. The molecule has 1 aliphatic rings. The minimum Gasteiger partial charge on any atom is -0.361 e. The molecule has 13 heavy (non-hydrogen) atoms. The van der Waals surface area contributed by atoms with Crippen LogP contribution in [0.15, 0.2) is 0 Å². The van der Waals surface area contributed by atoms with Crippen LogP contribution in [0.4, 0.5) is 0 Å². The first kappa shape index (κ1) is 10.8. The summed E-state index contributed by atoms with van der Waals surface area (Å²) in [5, 5.41) is 7.33. The molecule has 76 valence electrons. The summed E-state index contributed by atoms with van der Waals surface area (Å²) in [6.45, 7) is 6.42. The number of nitrogens with one attached hydrogen (secondary N) is 2. The third kappa shape index (κ3) is 3.51. The zero-order valence-electron chi connectivity index (χ0n) is 8.76. The first-order valence-corrected chi connectivity index (χ1v) is 5.57. The minimum absolute atomic E-state index is 0.425. The Balaban J connectivity index is 2.18. The second-order valence-corrected chi connectivity index (χ2v) is 4.66. The van der Waals surface area contributed by atoms with E-state index in [4.69, 9.17) is 12.2 Å². The largest absolute Gasteiger partial charge is 0.361 e. The van der Waals surface area contributed by atoms with Gasteiger partial charge in [-0.3, -0.25) is 0 Å². The summed E-state index contributed by atoms with van der Waals surface area (Å²) in [5.74, 6) is 0.840. The van der Waals surface area contributed by atoms with Gasteiger partial charge in [-0.25, -0.2) is 0 Å². The van der Waals surface area contributed by atoms with Gasteiger partial charge in [-0.1, -0.05) is 6.42 Å². The molecule has 0 aliphatic heterocycles. The van der Waals surface area contributed by atoms with E-state index in [1.807, 2.05) is 0 Å². The highest BCUT2D eigenvalue weighted by molar-refractivity contribution is 7.80. The van der Waals surface area contributed by atoms with Crippen molar-refractivity contribution in [1.29, 1.82) is 0 Å². The maximum atomic E-state index is 5.18. The first-order valence-electron chi connectivity index (χ1n) is 5.16. The van der Waals surface area contributed by atoms with Gasteiger partial charge in [-0.05, 0) is 51.7 Å². The number of thiocarbonyl (C=S) groups is 1. The lowest BCUT2D eigenvalue weighted by molar-refractivity contribution is 0.258. The summed E-state index contributed by atoms with van der Waals surface area (Å²) in [7, 11) is 0. The molecule has 0 heterocycles. The van der Waals surface area contributed by atoms with Crippen molar-refractivity contribution in [2.75, 3.05) is 0 Å². The van der Waals surface area contributed by atoms with E-state index in [1.165, 1.54) is 19.3 Å². The smallest absolute Gasteiger partial charge is 0.166 e. The Bertz CT molecular complexity index is 176. The van der Waals surface area contributed by atoms with E-state index < -0.39 is 0 Å². The average molecular weight is 200 g/mol. The predicted molar refractivity (Wildman–Crippen MR) is 60.8 cm³/mol. The fraction of sp³-hybridized carbons (Fsp3) is 0.900. The third-order valence-electron chi connectivity index (χ3n) is 2.64. The highest BCUT2D eigenvalue weighted by Gasteiger charge is 2.24. The van der Waals surface area contributed by atoms with Gasteiger partial charge in [0.1, 0.15) is 0 Å². The molecule has 0 spiro atoms. The van der Waals surface area contributed by atoms with E-state index in [9.17, 15) is 0 Å². The van der Waals surface area contributed by atoms with Crippen molar-refractivity contribution in [3.05, 3.63) is 0 Å². The average Bonchev–Trinajstić information content (AvgIpc) is 1.78. The van der Waals surface area contributed by atoms with Gasteiger partial charge in [-0.15, -0.1) is 0 Å². The van der Waals surface area contributed by atoms with Crippen LogP contribution in [0.1, 0.15) is 40.0 Å². The SMILES string of the molecule is CC(C)NC(=S)N[C@H](C)C1CCC1. The van der Waals surface area contributed by atoms with E-state index in [2.05, 4.69) is 31.4 Å². The molecule has 0 aromatic heterocycles. The highest BCUT2D eigenvalue weighted by Crippen LogP contribution is 2.29. The number of hydrogen-bond acceptors (Lipinski definition) is 1. The van der Waals surface area contributed by atoms with E-state index >= 15 is 0 Å². The number of rotatable bonds is 3. The topological polar surface area (TPSA) is 24.1 Å². The Morgan fingerprint density at radius 2 is 1.85 bits per heavy atom. The molecule has 0 radical (unpaired) electrons. The molecule has 1 atom stereocenters. The van der Waals surface area contributed by atoms with Gasteiger partial charge in [0.05, 0.1) is 0 Å². The van der Waals surface area contributed by atoms with Crippen LogP contribution in [-0.4, -0.2) is 17.2 Å². The van der Waals surface area contributed by atoms with Crippen molar-refractivity contribution < 1.29 is 0 Å². The molecule has 2 N–H and O–H groups in total. The summed E-state index contributed by atoms with van der Waals surface area (Å²) in [4.78, 5) is 0. The first-order chi connectivity index (χ1) is 6.09. The molecule has 1 rings (SSSR count). The predicted octanol–water partition coefficient (Wildman–Crippen LogP) is 2.05. The Hall–Kier alpha value is -0.310. The maximum absolute atomic E-state index is 5.18. The molecule has 0 bridgehead atoms. The Kier molecular flexibility index (Phi) is 3.97. The van der Waals surface area contributed by atoms with Crippen LogP contribution >= 0.6 is 12.2 Å². The normalized spacial score (nSPS) is 19.4. The lowest BCUT2D eigenvalue weighted by Gasteiger charge is -2.32. The molecule has 0 aromatic rings. The molecule has 3 heteroatoms. The van der Waals surface area contributed by atoms with Gasteiger partial charge < -0.3 is 10.6 Å². The quantitative estimate of drug-likeness (QED) is 0.682. The molecule has 1 fully saturated rings. The Labute approximate surface area is 86.5 Å². The van der Waals surface area contributed by atoms with Crippen LogP contribution < -0.4 is 10.6 Å². The molecular weight excluding hydrogens is 180 g/mol. The minimum atomic E-state index is 0.425. The van der Waals surface area contributed by atoms with E-state index in [1.54, 1.807) is 0 Å². The van der Waals surface area contributed by atoms with Crippen LogP contribution in [-0.2, 0) is 0 Å². The lowest BCUT2D eigenvalue weighted by Crippen LogP contribution is -2.47. The van der Waals surface area contributed by atoms with Crippen LogP contribution in [0.5, 0.6) is 0 Å². The molecule has 0 saturated heterocycles. The second kappa shape index (κ2) is 4.80. The summed E-state index contributed by atoms with van der Waals surface area (Å²) in [5.41, 5.74) is 0. The van der Waals surface area contributed by atoms with Crippen LogP contribution in [0.3, 0.4) is 0 Å². The van der Waals surface area contributed by atoms with Gasteiger partial charge in [0.15, 0.2) is 5.11 Å². The summed E-state index contributed by atoms with van der Waals surface area (Å²) in [6, 6.07) is 0.959. The van der Waals surface area contributed by atoms with Gasteiger partial charge in [0, 0.05) is 12.1 Å². The molecule has 1 aliphatic carbocycles. The molecule has 0 unspecified atom stereocenters. The van der Waals surface area contributed by atoms with Crippen molar-refractivity contribution >= 4 is 17.3 Å². The van der Waals surface area contributed by atoms with Gasteiger partial charge >= 0.3 is 0 Å². The van der Waals surface area contributed by atoms with E-state index in [0.29, 0.717) is 12.1 Å². The van der Waals surface area contributed by atoms with Crippen molar-refractivity contribution in [3.63, 3.8) is 0 Å². The molecular formula is C10H20N2S. The summed E-state index contributed by atoms with van der Waals surface area (Å²) < 4.78 is 0. The molecule has 0 aromatic carbocycles. The van der Waals surface area contributed by atoms with Crippen molar-refractivity contribution in [3.8, 4) is 0 Å². The van der Waals surface area contributed by atoms with Crippen molar-refractivity contribution in [2.24, 2.45) is 5.92 Å². The molecule has 1 saturated carbocycles. The summed E-state index contributed by atoms with van der Waals surface area (Å²) in [6.07, 6.45) is 4.11. The zero-order valence-corrected chi connectivity index (χ0v) is 9.58. The molecule has 2 nitrogen and oxygen atoms in total. The lowest BCUT2D eigenvalue weighted by atomic mass is 9.80. The van der Waals surface area contributed by atoms with Gasteiger partial charge in [0.2, 0.25) is 0 Å². The fourth-order valence-electron chi connectivity index (χ4n) is 1.57. The van der Waals surface area contributed by atoms with Crippen LogP contribution in [0.2, 0.25) is 0 Å². The molecule has 0 amide bonds. The van der Waals surface area contributed by atoms with Crippen molar-refractivity contribution in [2.45, 2.75) is 52.1 Å². The van der Waals surface area contributed by atoms with Crippen molar-refractivity contribution in [1.82, 2.24) is 10.6 Å². The monoisotopic (exact) mass is 200 g/mol. The fourth-order valence-corrected chi connectivity index (χ4v) is 1.99. The Morgan fingerprint density at radius 3 is 2.23 bits per heavy atom. The second-order valence-electron chi connectivity index (χ2n) is 4.25. The zero-order chi connectivity index (χ0) is 9.84. The maximum Gasteiger partial charge on any atom is 0.166 e. The van der Waals surface area contributed by atoms with E-state index in [-0.39, 0.29) is 0 Å². The third-order valence-corrected chi connectivity index (χ3v) is 2.87. The van der Waals surface area contributed by atoms with Crippen LogP contribution in [0.25, 0.3) is 0 Å². The summed E-state index contributed by atoms with van der Waals surface area (Å²) >= 11 is 5.18. The Morgan fingerprint density at radius 1 is 1.23 bits per heavy atom. The van der Waals surface area contributed by atoms with Crippen LogP contribution in [0, 0.1) is 5.92 Å². The van der Waals surface area contributed by atoms with Gasteiger partial charge in [-0.2, -0.15) is 0 Å². The van der Waals surface area contributed by atoms with Gasteiger partial charge in [0.25, 0.3) is 0 Å². The standard InChI is InChI=1S/C10H20N2S/c1-7(2)11-10(13)12-8(3)9-5-4-6-9/h7-9H,4-6H2,1-3H3,(H2,11,12,13)/t8-/m1/s1. The highest BCUT2D eigenvalue weighted by atomic mass is 32.1.